The summed E-state index contributed by atoms with van der Waals surface area (Å²) in [5.74, 6) is -0.742. The first-order chi connectivity index (χ1) is 17.9. The van der Waals surface area contributed by atoms with E-state index in [9.17, 15) is 18.0 Å². The van der Waals surface area contributed by atoms with Crippen molar-refractivity contribution in [3.63, 3.8) is 0 Å². The van der Waals surface area contributed by atoms with Gasteiger partial charge in [0.25, 0.3) is 0 Å². The highest BCUT2D eigenvalue weighted by Gasteiger charge is 2.50. The highest BCUT2D eigenvalue weighted by Crippen LogP contribution is 2.49. The van der Waals surface area contributed by atoms with Gasteiger partial charge in [-0.15, -0.1) is 0 Å². The summed E-state index contributed by atoms with van der Waals surface area (Å²) in [6, 6.07) is 14.2. The first kappa shape index (κ1) is 29.8. The Hall–Kier alpha value is -2.74. The van der Waals surface area contributed by atoms with Crippen LogP contribution in [0.1, 0.15) is 24.8 Å². The fourth-order valence-corrected chi connectivity index (χ4v) is 5.70. The molecule has 0 spiro atoms. The van der Waals surface area contributed by atoms with Gasteiger partial charge in [0, 0.05) is 33.8 Å². The number of amides is 2. The van der Waals surface area contributed by atoms with Gasteiger partial charge in [-0.05, 0) is 96.8 Å². The van der Waals surface area contributed by atoms with Crippen LogP contribution in [0.4, 0.5) is 23.7 Å². The Kier molecular flexibility index (Phi) is 9.74. The van der Waals surface area contributed by atoms with Crippen LogP contribution in [0.2, 0.25) is 0 Å². The van der Waals surface area contributed by atoms with E-state index in [4.69, 9.17) is 19.4 Å². The van der Waals surface area contributed by atoms with Crippen molar-refractivity contribution in [1.29, 1.82) is 0 Å². The summed E-state index contributed by atoms with van der Waals surface area (Å²) in [5.41, 5.74) is 2.20. The molecule has 1 saturated carbocycles. The van der Waals surface area contributed by atoms with Gasteiger partial charge in [0.05, 0.1) is 14.2 Å². The number of anilines is 1. The lowest BCUT2D eigenvalue weighted by molar-refractivity contribution is -0.192. The van der Waals surface area contributed by atoms with E-state index in [0.717, 1.165) is 53.1 Å². The Morgan fingerprint density at radius 1 is 1.11 bits per heavy atom. The number of hydrogen-bond donors (Lipinski definition) is 3. The molecule has 3 atom stereocenters. The molecule has 8 nitrogen and oxygen atoms in total. The molecule has 2 aliphatic rings. The number of alkyl halides is 3. The summed E-state index contributed by atoms with van der Waals surface area (Å²) in [5, 5.41) is 13.3. The van der Waals surface area contributed by atoms with E-state index < -0.39 is 12.1 Å². The number of carboxylic acid groups (broad SMARTS) is 1. The first-order valence-corrected chi connectivity index (χ1v) is 13.0. The molecular formula is C26H31F3IN3O5. The highest BCUT2D eigenvalue weighted by atomic mass is 127. The lowest BCUT2D eigenvalue weighted by Gasteiger charge is -2.42. The molecule has 0 bridgehead atoms. The molecule has 1 saturated heterocycles. The molecule has 2 aromatic carbocycles. The van der Waals surface area contributed by atoms with E-state index >= 15 is 0 Å². The van der Waals surface area contributed by atoms with Crippen molar-refractivity contribution in [3.05, 3.63) is 51.6 Å². The number of carbonyl (C=O) groups excluding carboxylic acids is 1. The third-order valence-corrected chi connectivity index (χ3v) is 7.73. The lowest BCUT2D eigenvalue weighted by atomic mass is 9.63. The number of benzene rings is 2. The number of nitrogens with zero attached hydrogens (tertiary/aromatic N) is 1. The number of carboxylic acids is 1. The molecule has 12 heteroatoms. The van der Waals surface area contributed by atoms with Crippen LogP contribution in [-0.4, -0.2) is 68.6 Å². The minimum absolute atomic E-state index is 0.0824. The Balaban J connectivity index is 0.000000505. The number of hydrogen-bond acceptors (Lipinski definition) is 5. The van der Waals surface area contributed by atoms with Gasteiger partial charge >= 0.3 is 18.2 Å². The van der Waals surface area contributed by atoms with E-state index in [1.54, 1.807) is 14.2 Å². The number of methoxy groups -OCH3 is 2. The average molecular weight is 649 g/mol. The minimum Gasteiger partial charge on any atom is -0.493 e. The van der Waals surface area contributed by atoms with Gasteiger partial charge in [-0.25, -0.2) is 9.59 Å². The van der Waals surface area contributed by atoms with Crippen LogP contribution in [0.5, 0.6) is 11.5 Å². The summed E-state index contributed by atoms with van der Waals surface area (Å²) < 4.78 is 43.9. The van der Waals surface area contributed by atoms with Gasteiger partial charge in [0.1, 0.15) is 0 Å². The Bertz CT molecular complexity index is 1130. The number of rotatable bonds is 5. The maximum absolute atomic E-state index is 12.6. The highest BCUT2D eigenvalue weighted by molar-refractivity contribution is 14.1. The summed E-state index contributed by atoms with van der Waals surface area (Å²) >= 11 is 2.26. The van der Waals surface area contributed by atoms with E-state index in [1.165, 1.54) is 5.56 Å². The molecule has 3 N–H and O–H groups in total. The summed E-state index contributed by atoms with van der Waals surface area (Å²) in [4.78, 5) is 23.9. The van der Waals surface area contributed by atoms with Crippen molar-refractivity contribution in [2.24, 2.45) is 5.92 Å². The molecule has 208 valence electrons. The molecule has 38 heavy (non-hydrogen) atoms. The van der Waals surface area contributed by atoms with Gasteiger partial charge < -0.3 is 30.1 Å². The quantitative estimate of drug-likeness (QED) is 0.390. The smallest absolute Gasteiger partial charge is 0.490 e. The van der Waals surface area contributed by atoms with Crippen LogP contribution in [0.15, 0.2) is 42.5 Å². The molecule has 4 rings (SSSR count). The third-order valence-electron chi connectivity index (χ3n) is 7.01. The minimum atomic E-state index is -5.08. The largest absolute Gasteiger partial charge is 0.493 e. The van der Waals surface area contributed by atoms with E-state index in [-0.39, 0.29) is 17.5 Å². The number of aliphatic carboxylic acids is 1. The maximum atomic E-state index is 12.6. The van der Waals surface area contributed by atoms with Gasteiger partial charge in [0.2, 0.25) is 0 Å². The second kappa shape index (κ2) is 12.4. The lowest BCUT2D eigenvalue weighted by Crippen LogP contribution is -2.48. The van der Waals surface area contributed by atoms with Crippen LogP contribution in [0.25, 0.3) is 0 Å². The van der Waals surface area contributed by atoms with E-state index in [1.807, 2.05) is 30.3 Å². The summed E-state index contributed by atoms with van der Waals surface area (Å²) in [7, 11) is 5.54. The topological polar surface area (TPSA) is 100 Å². The number of halogens is 4. The van der Waals surface area contributed by atoms with Crippen molar-refractivity contribution in [2.75, 3.05) is 39.7 Å². The number of likely N-dealkylation sites (N-methyl/N-ethyl adjacent to an activating group) is 1. The Morgan fingerprint density at radius 3 is 2.32 bits per heavy atom. The van der Waals surface area contributed by atoms with Crippen molar-refractivity contribution < 1.29 is 37.3 Å². The number of nitrogens with one attached hydrogen (secondary N) is 2. The van der Waals surface area contributed by atoms with Crippen LogP contribution >= 0.6 is 22.6 Å². The normalized spacial score (nSPS) is 22.9. The van der Waals surface area contributed by atoms with Gasteiger partial charge in [-0.3, -0.25) is 0 Å². The number of urea groups is 1. The SMILES string of the molecule is COc1ccc([C@@]23CC[C@@H](NC(=O)Nc4ccc(I)cc4)C[C@@H]2CN(C)C3)cc1OC.O=C(O)C(F)(F)F. The summed E-state index contributed by atoms with van der Waals surface area (Å²) in [6.07, 6.45) is -2.12. The predicted molar refractivity (Wildman–Crippen MR) is 145 cm³/mol. The molecule has 2 amide bonds. The van der Waals surface area contributed by atoms with E-state index in [2.05, 4.69) is 57.3 Å². The van der Waals surface area contributed by atoms with Gasteiger partial charge in [-0.1, -0.05) is 6.07 Å². The zero-order chi connectivity index (χ0) is 28.1. The molecule has 0 aromatic heterocycles. The summed E-state index contributed by atoms with van der Waals surface area (Å²) in [6.45, 7) is 2.06. The van der Waals surface area contributed by atoms with Crippen LogP contribution < -0.4 is 20.1 Å². The van der Waals surface area contributed by atoms with Crippen LogP contribution in [0, 0.1) is 9.49 Å². The van der Waals surface area contributed by atoms with Gasteiger partial charge in [-0.2, -0.15) is 13.2 Å². The molecule has 1 heterocycles. The molecule has 2 aromatic rings. The van der Waals surface area contributed by atoms with Gasteiger partial charge in [0.15, 0.2) is 11.5 Å². The average Bonchev–Trinajstić information content (AvgIpc) is 3.21. The molecule has 2 fully saturated rings. The standard InChI is InChI=1S/C24H30IN3O3.C2HF3O2/c1-28-14-17-12-20(27-23(29)26-19-7-5-18(25)6-8-19)10-11-24(17,15-28)16-4-9-21(30-2)22(13-16)31-3;3-2(4,5)1(6)7/h4-9,13,17,20H,10-12,14-15H2,1-3H3,(H2,26,27,29);(H,6,7)/t17-,20-,24+;/m1./s1. The monoisotopic (exact) mass is 649 g/mol. The molecule has 0 radical (unpaired) electrons. The Morgan fingerprint density at radius 2 is 1.74 bits per heavy atom. The van der Waals surface area contributed by atoms with Crippen molar-refractivity contribution in [2.45, 2.75) is 36.9 Å². The van der Waals surface area contributed by atoms with E-state index in [0.29, 0.717) is 5.92 Å². The molecule has 1 aliphatic carbocycles. The van der Waals surface area contributed by atoms with Crippen LogP contribution in [-0.2, 0) is 10.2 Å². The second-order valence-electron chi connectivity index (χ2n) is 9.50. The van der Waals surface area contributed by atoms with Crippen molar-refractivity contribution in [3.8, 4) is 11.5 Å². The fourth-order valence-electron chi connectivity index (χ4n) is 5.34. The van der Waals surface area contributed by atoms with Crippen LogP contribution in [0.3, 0.4) is 0 Å². The predicted octanol–water partition coefficient (Wildman–Crippen LogP) is 5.12. The third kappa shape index (κ3) is 7.22. The number of ether oxygens (including phenoxy) is 2. The second-order valence-corrected chi connectivity index (χ2v) is 10.7. The maximum Gasteiger partial charge on any atom is 0.490 e. The first-order valence-electron chi connectivity index (χ1n) is 11.9. The number of fused-ring (bicyclic) bond motifs is 1. The molecule has 1 aliphatic heterocycles. The van der Waals surface area contributed by atoms with Crippen molar-refractivity contribution >= 4 is 40.3 Å². The zero-order valence-electron chi connectivity index (χ0n) is 21.3. The fraction of sp³-hybridized carbons (Fsp3) is 0.462. The number of likely N-dealkylation sites (tertiary alicyclic amines) is 1. The Labute approximate surface area is 233 Å². The zero-order valence-corrected chi connectivity index (χ0v) is 23.4. The van der Waals surface area contributed by atoms with Crippen molar-refractivity contribution in [1.82, 2.24) is 10.2 Å². The molecule has 0 unspecified atom stereocenters. The molecular weight excluding hydrogens is 618 g/mol. The number of carbonyl (C=O) groups is 2.